The molecule has 5 rings (SSSR count). The van der Waals surface area contributed by atoms with Crippen LogP contribution in [0.4, 0.5) is 27.8 Å². The average Bonchev–Trinajstić information content (AvgIpc) is 3.53. The van der Waals surface area contributed by atoms with Crippen LogP contribution in [-0.4, -0.2) is 39.9 Å². The van der Waals surface area contributed by atoms with Gasteiger partial charge in [-0.2, -0.15) is 13.2 Å². The number of nitrogens with zero attached hydrogens (tertiary/aromatic N) is 4. The van der Waals surface area contributed by atoms with Gasteiger partial charge in [-0.3, -0.25) is 4.72 Å². The van der Waals surface area contributed by atoms with Gasteiger partial charge in [-0.1, -0.05) is 12.2 Å². The van der Waals surface area contributed by atoms with Crippen molar-refractivity contribution in [2.75, 3.05) is 5.32 Å². The summed E-state index contributed by atoms with van der Waals surface area (Å²) in [6, 6.07) is 0.607. The van der Waals surface area contributed by atoms with Gasteiger partial charge in [0, 0.05) is 12.1 Å². The van der Waals surface area contributed by atoms with E-state index in [9.17, 15) is 35.2 Å². The highest BCUT2D eigenvalue weighted by molar-refractivity contribution is 7.89. The molecule has 0 amide bonds. The molecule has 37 heavy (non-hydrogen) atoms. The van der Waals surface area contributed by atoms with Gasteiger partial charge >= 0.3 is 6.18 Å². The first-order valence-corrected chi connectivity index (χ1v) is 12.2. The maximum absolute atomic E-state index is 14.1. The van der Waals surface area contributed by atoms with Gasteiger partial charge in [0.25, 0.3) is 10.0 Å². The molecule has 2 N–H and O–H groups in total. The summed E-state index contributed by atoms with van der Waals surface area (Å²) >= 11 is 0. The van der Waals surface area contributed by atoms with Gasteiger partial charge in [0.15, 0.2) is 11.5 Å². The Balaban J connectivity index is 1.54. The Hall–Kier alpha value is -4.10. The van der Waals surface area contributed by atoms with Crippen LogP contribution in [0.1, 0.15) is 24.7 Å². The molecule has 0 bridgehead atoms. The van der Waals surface area contributed by atoms with Crippen molar-refractivity contribution in [3.63, 3.8) is 0 Å². The minimum atomic E-state index is -4.88. The van der Waals surface area contributed by atoms with Gasteiger partial charge in [-0.15, -0.1) is 0 Å². The third-order valence-electron chi connectivity index (χ3n) is 5.57. The second kappa shape index (κ2) is 8.78. The number of aromatic nitrogens is 4. The van der Waals surface area contributed by atoms with E-state index in [-0.39, 0.29) is 34.3 Å². The maximum Gasteiger partial charge on any atom is 0.451 e. The number of hydrogen-bond acceptors (Lipinski definition) is 7. The van der Waals surface area contributed by atoms with Crippen LogP contribution in [0.15, 0.2) is 58.9 Å². The molecule has 1 fully saturated rings. The molecule has 192 valence electrons. The highest BCUT2D eigenvalue weighted by Gasteiger charge is 2.38. The van der Waals surface area contributed by atoms with E-state index in [2.05, 4.69) is 25.0 Å². The standard InChI is InChI=1S/C22H15F5N6O3S/c23-11-4-7-17(14(24)8-11)37(35,36)32-15-2-1-3-16(13(15)9-34)33-10-28-18-19(29-12-5-6-12)30-21(22(25,26)27)31-20(18)33/h1-4,7-8,10,12,16,32H,5-6H2,(H,29,30,31). The summed E-state index contributed by atoms with van der Waals surface area (Å²) in [5.41, 5.74) is -0.906. The highest BCUT2D eigenvalue weighted by Crippen LogP contribution is 2.35. The molecule has 2 heterocycles. The van der Waals surface area contributed by atoms with E-state index in [1.54, 1.807) is 5.94 Å². The number of nitrogens with one attached hydrogen (secondary N) is 2. The largest absolute Gasteiger partial charge is 0.451 e. The quantitative estimate of drug-likeness (QED) is 0.365. The summed E-state index contributed by atoms with van der Waals surface area (Å²) in [4.78, 5) is 22.4. The average molecular weight is 538 g/mol. The highest BCUT2D eigenvalue weighted by atomic mass is 32.2. The van der Waals surface area contributed by atoms with Crippen molar-refractivity contribution in [1.82, 2.24) is 24.2 Å². The van der Waals surface area contributed by atoms with Crippen molar-refractivity contribution in [3.8, 4) is 0 Å². The van der Waals surface area contributed by atoms with Crippen LogP contribution < -0.4 is 10.0 Å². The van der Waals surface area contributed by atoms with Gasteiger partial charge in [0.2, 0.25) is 5.82 Å². The Labute approximate surface area is 205 Å². The second-order valence-corrected chi connectivity index (χ2v) is 9.89. The van der Waals surface area contributed by atoms with E-state index in [1.165, 1.54) is 18.2 Å². The Morgan fingerprint density at radius 1 is 1.14 bits per heavy atom. The molecule has 1 atom stereocenters. The van der Waals surface area contributed by atoms with Gasteiger partial charge in [0.1, 0.15) is 28.0 Å². The van der Waals surface area contributed by atoms with Crippen LogP contribution in [0.3, 0.4) is 0 Å². The number of carbonyl (C=O) groups excluding carboxylic acids is 1. The van der Waals surface area contributed by atoms with E-state index >= 15 is 0 Å². The molecule has 3 aromatic rings. The van der Waals surface area contributed by atoms with Crippen molar-refractivity contribution < 1.29 is 35.2 Å². The number of allylic oxidation sites excluding steroid dienone is 4. The van der Waals surface area contributed by atoms with Gasteiger partial charge in [-0.05, 0) is 31.1 Å². The first kappa shape index (κ1) is 24.6. The number of sulfonamides is 1. The Bertz CT molecular complexity index is 1640. The van der Waals surface area contributed by atoms with Crippen LogP contribution in [0.5, 0.6) is 0 Å². The van der Waals surface area contributed by atoms with Crippen molar-refractivity contribution in [1.29, 1.82) is 0 Å². The smallest absolute Gasteiger partial charge is 0.365 e. The number of rotatable bonds is 6. The predicted molar refractivity (Wildman–Crippen MR) is 119 cm³/mol. The summed E-state index contributed by atoms with van der Waals surface area (Å²) in [5.74, 6) is -2.31. The van der Waals surface area contributed by atoms with Crippen molar-refractivity contribution in [3.05, 3.63) is 71.5 Å². The molecular formula is C22H15F5N6O3S. The molecule has 2 aromatic heterocycles. The summed E-state index contributed by atoms with van der Waals surface area (Å²) in [6.07, 6.45) is 1.67. The predicted octanol–water partition coefficient (Wildman–Crippen LogP) is 3.43. The Kier molecular flexibility index (Phi) is 5.83. The Morgan fingerprint density at radius 3 is 2.54 bits per heavy atom. The van der Waals surface area contributed by atoms with Crippen LogP contribution in [0.2, 0.25) is 0 Å². The van der Waals surface area contributed by atoms with Gasteiger partial charge in [-0.25, -0.2) is 36.9 Å². The number of halogens is 5. The van der Waals surface area contributed by atoms with Crippen LogP contribution >= 0.6 is 0 Å². The fraction of sp³-hybridized carbons (Fsp3) is 0.227. The summed E-state index contributed by atoms with van der Waals surface area (Å²) < 4.78 is 96.7. The lowest BCUT2D eigenvalue weighted by atomic mass is 10.0. The third-order valence-corrected chi connectivity index (χ3v) is 6.97. The fourth-order valence-corrected chi connectivity index (χ4v) is 4.84. The zero-order valence-electron chi connectivity index (χ0n) is 18.4. The first-order valence-electron chi connectivity index (χ1n) is 10.7. The Morgan fingerprint density at radius 2 is 1.89 bits per heavy atom. The minimum Gasteiger partial charge on any atom is -0.365 e. The lowest BCUT2D eigenvalue weighted by molar-refractivity contribution is -0.144. The SMILES string of the molecule is O=C=C1C(NS(=O)(=O)c2ccc(F)cc2F)=CC=CC1n1cnc2c(NC3CC3)nc(C(F)(F)F)nc21. The van der Waals surface area contributed by atoms with E-state index in [1.807, 2.05) is 0 Å². The van der Waals surface area contributed by atoms with E-state index in [0.29, 0.717) is 12.1 Å². The topological polar surface area (TPSA) is 119 Å². The number of fused-ring (bicyclic) bond motifs is 1. The zero-order valence-corrected chi connectivity index (χ0v) is 19.2. The number of imidazole rings is 1. The van der Waals surface area contributed by atoms with E-state index in [0.717, 1.165) is 29.8 Å². The lowest BCUT2D eigenvalue weighted by Crippen LogP contribution is -2.28. The molecule has 2 aliphatic carbocycles. The third kappa shape index (κ3) is 4.70. The van der Waals surface area contributed by atoms with E-state index < -0.39 is 44.6 Å². The second-order valence-electron chi connectivity index (χ2n) is 8.24. The molecule has 15 heteroatoms. The maximum atomic E-state index is 14.1. The molecule has 1 unspecified atom stereocenters. The van der Waals surface area contributed by atoms with Gasteiger partial charge < -0.3 is 9.88 Å². The first-order chi connectivity index (χ1) is 17.5. The lowest BCUT2D eigenvalue weighted by Gasteiger charge is -2.22. The molecular weight excluding hydrogens is 523 g/mol. The summed E-state index contributed by atoms with van der Waals surface area (Å²) in [5, 5.41) is 2.89. The van der Waals surface area contributed by atoms with Crippen molar-refractivity contribution >= 4 is 32.9 Å². The minimum absolute atomic E-state index is 0.0172. The van der Waals surface area contributed by atoms with E-state index in [4.69, 9.17) is 0 Å². The molecule has 0 radical (unpaired) electrons. The molecule has 1 aromatic carbocycles. The summed E-state index contributed by atoms with van der Waals surface area (Å²) in [6.45, 7) is 0. The van der Waals surface area contributed by atoms with Crippen molar-refractivity contribution in [2.45, 2.75) is 36.0 Å². The normalized spacial score (nSPS) is 18.0. The molecule has 2 aliphatic rings. The van der Waals surface area contributed by atoms with Crippen LogP contribution in [0.25, 0.3) is 11.2 Å². The number of hydrogen-bond donors (Lipinski definition) is 2. The number of alkyl halides is 3. The molecule has 9 nitrogen and oxygen atoms in total. The summed E-state index contributed by atoms with van der Waals surface area (Å²) in [7, 11) is -4.63. The van der Waals surface area contributed by atoms with Crippen molar-refractivity contribution in [2.24, 2.45) is 0 Å². The molecule has 0 spiro atoms. The molecule has 0 aliphatic heterocycles. The number of benzene rings is 1. The monoisotopic (exact) mass is 538 g/mol. The van der Waals surface area contributed by atoms with Crippen LogP contribution in [-0.2, 0) is 21.0 Å². The fourth-order valence-electron chi connectivity index (χ4n) is 3.70. The molecule has 1 saturated carbocycles. The zero-order chi connectivity index (χ0) is 26.5. The van der Waals surface area contributed by atoms with Gasteiger partial charge in [0.05, 0.1) is 23.6 Å². The number of anilines is 1. The molecule has 0 saturated heterocycles. The van der Waals surface area contributed by atoms with Crippen LogP contribution in [0, 0.1) is 11.6 Å².